The lowest BCUT2D eigenvalue weighted by Gasteiger charge is -2.21. The van der Waals surface area contributed by atoms with E-state index in [0.717, 1.165) is 154 Å². The van der Waals surface area contributed by atoms with Crippen molar-refractivity contribution in [2.45, 2.75) is 501 Å². The fraction of sp³-hybridized carbons (Fsp3) is 0.730. The number of esters is 3. The van der Waals surface area contributed by atoms with Crippen molar-refractivity contribution < 1.29 is 75.8 Å². The van der Waals surface area contributed by atoms with Crippen LogP contribution in [0.2, 0.25) is 0 Å². The van der Waals surface area contributed by atoms with Crippen LogP contribution in [0.15, 0.2) is 170 Å². The maximum absolute atomic E-state index is 13.2. The normalized spacial score (nSPS) is 14.2. The number of allylic oxidation sites excluding steroid dienone is 28. The van der Waals surface area contributed by atoms with Crippen molar-refractivity contribution >= 4 is 33.6 Å². The predicted molar refractivity (Wildman–Crippen MR) is 565 cm³/mol. The second kappa shape index (κ2) is 106. The van der Waals surface area contributed by atoms with Gasteiger partial charge in [-0.3, -0.25) is 32.5 Å². The lowest BCUT2D eigenvalue weighted by Crippen LogP contribution is -2.30. The largest absolute Gasteiger partial charge is 0.472 e. The number of unbranched alkanes of at least 4 members (excludes halogenated alkanes) is 52. The number of aliphatic hydroxyl groups is 2. The molecule has 4 N–H and O–H groups in total. The van der Waals surface area contributed by atoms with E-state index in [9.17, 15) is 43.5 Å². The van der Waals surface area contributed by atoms with Gasteiger partial charge in [0.2, 0.25) is 0 Å². The monoisotopic (exact) mass is 1900 g/mol. The van der Waals surface area contributed by atoms with Gasteiger partial charge in [0.25, 0.3) is 0 Å². The Kier molecular flexibility index (Phi) is 102. The molecule has 16 nitrogen and oxygen atoms in total. The molecule has 0 heterocycles. The number of phosphoric ester groups is 2. The number of hydrogen-bond donors (Lipinski definition) is 4. The van der Waals surface area contributed by atoms with Crippen LogP contribution >= 0.6 is 15.6 Å². The summed E-state index contributed by atoms with van der Waals surface area (Å²) in [6.45, 7) is 2.52. The van der Waals surface area contributed by atoms with Crippen LogP contribution in [0, 0.1) is 0 Å². The summed E-state index contributed by atoms with van der Waals surface area (Å²) in [4.78, 5) is 59.3. The topological polar surface area (TPSA) is 231 Å². The molecule has 0 bridgehead atoms. The second-order valence-corrected chi connectivity index (χ2v) is 39.3. The molecule has 5 atom stereocenters. The summed E-state index contributed by atoms with van der Waals surface area (Å²) in [5.41, 5.74) is 0. The number of aliphatic hydroxyl groups excluding tert-OH is 2. The van der Waals surface area contributed by atoms with Crippen molar-refractivity contribution in [3.05, 3.63) is 170 Å². The Morgan fingerprint density at radius 1 is 0.218 bits per heavy atom. The fourth-order valence-corrected chi connectivity index (χ4v) is 16.8. The molecule has 0 aromatic carbocycles. The number of ether oxygens (including phenoxy) is 3. The molecule has 18 heteroatoms. The molecule has 0 aliphatic heterocycles. The molecule has 0 rings (SSSR count). The third kappa shape index (κ3) is 107. The first-order valence-electron chi connectivity index (χ1n) is 54.4. The van der Waals surface area contributed by atoms with Crippen LogP contribution in [0.1, 0.15) is 483 Å². The highest BCUT2D eigenvalue weighted by Crippen LogP contribution is 2.45. The van der Waals surface area contributed by atoms with Crippen molar-refractivity contribution in [1.29, 1.82) is 0 Å². The van der Waals surface area contributed by atoms with E-state index in [4.69, 9.17) is 32.3 Å². The van der Waals surface area contributed by atoms with Crippen molar-refractivity contribution in [1.82, 2.24) is 0 Å². The molecule has 0 aromatic rings. The molecule has 0 saturated carbocycles. The zero-order valence-electron chi connectivity index (χ0n) is 85.1. The van der Waals surface area contributed by atoms with Crippen LogP contribution in [0.4, 0.5) is 0 Å². The standard InChI is InChI=1S/C115H200O16P2/c1-4-7-10-13-16-19-22-25-28-31-34-37-40-43-46-49-51-53-54-56-58-60-62-65-68-71-74-77-80-83-86-89-92-95-98-101-113(118)125-104-110(116)105-127-132(121,122)128-106-111(117)107-129-133(123,124)130-109-112(131-115(120)103-100-97-94-91-88-85-82-79-76-73-70-67-64-59-48-45-42-39-36-33-30-27-24-21-18-15-12-9-6-3)108-126-114(119)102-99-96-93-90-87-84-81-78-75-72-69-66-63-61-57-55-52-50-47-44-41-38-35-32-29-26-23-20-17-14-11-8-5-2/h7,9-10,12,16-21,25-30,34-39,43-48,110-112,116-117H,4-6,8,11,13-15,22-24,31-33,40-42,49-109H2,1-3H3,(H,121,122)(H,123,124)/b10-7-,12-9-,19-16-,20-17-,21-18-,28-25-,29-26-,30-27-,37-34-,38-35-,39-36-,46-43-,47-44-,48-45-. The Labute approximate surface area is 815 Å². The summed E-state index contributed by atoms with van der Waals surface area (Å²) >= 11 is 0. The molecule has 5 unspecified atom stereocenters. The van der Waals surface area contributed by atoms with Gasteiger partial charge in [0.1, 0.15) is 25.4 Å². The Hall–Kier alpha value is -5.09. The smallest absolute Gasteiger partial charge is 0.463 e. The van der Waals surface area contributed by atoms with Crippen molar-refractivity contribution in [3.63, 3.8) is 0 Å². The summed E-state index contributed by atoms with van der Waals surface area (Å²) in [5, 5.41) is 20.8. The first-order valence-corrected chi connectivity index (χ1v) is 57.4. The minimum absolute atomic E-state index is 0.101. The van der Waals surface area contributed by atoms with Crippen molar-refractivity contribution in [2.75, 3.05) is 39.6 Å². The van der Waals surface area contributed by atoms with Crippen LogP contribution in [-0.4, -0.2) is 95.9 Å². The molecule has 133 heavy (non-hydrogen) atoms. The summed E-state index contributed by atoms with van der Waals surface area (Å²) in [7, 11) is -9.82. The molecule has 0 aliphatic rings. The molecule has 0 saturated heterocycles. The highest BCUT2D eigenvalue weighted by atomic mass is 31.2. The van der Waals surface area contributed by atoms with E-state index < -0.39 is 91.5 Å². The van der Waals surface area contributed by atoms with Gasteiger partial charge in [0.05, 0.1) is 26.4 Å². The van der Waals surface area contributed by atoms with E-state index in [1.54, 1.807) is 0 Å². The van der Waals surface area contributed by atoms with E-state index in [-0.39, 0.29) is 19.3 Å². The number of carbonyl (C=O) groups excluding carboxylic acids is 3. The van der Waals surface area contributed by atoms with Crippen LogP contribution in [-0.2, 0) is 55.8 Å². The average Bonchev–Trinajstić information content (AvgIpc) is 0.896. The first kappa shape index (κ1) is 128. The Bertz CT molecular complexity index is 3100. The molecule has 0 aliphatic carbocycles. The molecule has 0 aromatic heterocycles. The number of phosphoric acid groups is 2. The molecular formula is C115H200O16P2. The fourth-order valence-electron chi connectivity index (χ4n) is 15.3. The van der Waals surface area contributed by atoms with E-state index in [2.05, 4.69) is 191 Å². The van der Waals surface area contributed by atoms with Crippen LogP contribution in [0.25, 0.3) is 0 Å². The highest BCUT2D eigenvalue weighted by Gasteiger charge is 2.30. The molecule has 0 amide bonds. The Morgan fingerprint density at radius 2 is 0.398 bits per heavy atom. The third-order valence-electron chi connectivity index (χ3n) is 23.4. The molecule has 0 radical (unpaired) electrons. The van der Waals surface area contributed by atoms with Gasteiger partial charge in [-0.25, -0.2) is 9.13 Å². The lowest BCUT2D eigenvalue weighted by molar-refractivity contribution is -0.161. The second-order valence-electron chi connectivity index (χ2n) is 36.4. The zero-order valence-corrected chi connectivity index (χ0v) is 86.9. The molecule has 0 fully saturated rings. The van der Waals surface area contributed by atoms with E-state index in [1.807, 2.05) is 0 Å². The molecule has 0 spiro atoms. The summed E-state index contributed by atoms with van der Waals surface area (Å²) in [5.74, 6) is -1.55. The summed E-state index contributed by atoms with van der Waals surface area (Å²) < 4.78 is 61.8. The number of hydrogen-bond acceptors (Lipinski definition) is 14. The van der Waals surface area contributed by atoms with Gasteiger partial charge in [0, 0.05) is 19.3 Å². The number of carbonyl (C=O) groups is 3. The van der Waals surface area contributed by atoms with Crippen molar-refractivity contribution in [3.8, 4) is 0 Å². The van der Waals surface area contributed by atoms with Gasteiger partial charge in [-0.2, -0.15) is 0 Å². The van der Waals surface area contributed by atoms with Crippen LogP contribution in [0.3, 0.4) is 0 Å². The SMILES string of the molecule is CC/C=C\C/C=C\C/C=C\C/C=C\C/C=C\CCCCCCCCCCCCCCCCCCCCCC(=O)OCC(O)COP(=O)(O)OCC(O)COP(=O)(O)OCC(COC(=O)CCCCCCCCCCCCCCCCCCC/C=C\C/C=C\C/C=C\C/C=C\CCCCC)OC(=O)CCCCCCCCCCCCCCC/C=C\C/C=C\C/C=C\C/C=C\C/C=C\CC. The van der Waals surface area contributed by atoms with E-state index in [1.165, 1.54) is 270 Å². The highest BCUT2D eigenvalue weighted by molar-refractivity contribution is 7.47. The third-order valence-corrected chi connectivity index (χ3v) is 25.3. The van der Waals surface area contributed by atoms with Crippen LogP contribution in [0.5, 0.6) is 0 Å². The lowest BCUT2D eigenvalue weighted by atomic mass is 10.0. The maximum Gasteiger partial charge on any atom is 0.472 e. The number of rotatable bonds is 103. The van der Waals surface area contributed by atoms with Gasteiger partial charge in [-0.05, 0) is 154 Å². The van der Waals surface area contributed by atoms with Crippen molar-refractivity contribution in [2.24, 2.45) is 0 Å². The molecular weight excluding hydrogens is 1700 g/mol. The van der Waals surface area contributed by atoms with Gasteiger partial charge >= 0.3 is 33.6 Å². The average molecular weight is 1900 g/mol. The molecule has 766 valence electrons. The van der Waals surface area contributed by atoms with Gasteiger partial charge < -0.3 is 34.2 Å². The van der Waals surface area contributed by atoms with Crippen LogP contribution < -0.4 is 0 Å². The summed E-state index contributed by atoms with van der Waals surface area (Å²) in [6, 6.07) is 0. The first-order chi connectivity index (χ1) is 65.2. The summed E-state index contributed by atoms with van der Waals surface area (Å²) in [6.07, 6.45) is 140. The minimum Gasteiger partial charge on any atom is -0.463 e. The quantitative estimate of drug-likeness (QED) is 0.0146. The maximum atomic E-state index is 13.2. The van der Waals surface area contributed by atoms with Gasteiger partial charge in [-0.15, -0.1) is 0 Å². The van der Waals surface area contributed by atoms with Gasteiger partial charge in [0.15, 0.2) is 6.10 Å². The Morgan fingerprint density at radius 3 is 0.632 bits per heavy atom. The predicted octanol–water partition coefficient (Wildman–Crippen LogP) is 34.9. The Balaban J connectivity index is 4.57. The minimum atomic E-state index is -4.95. The zero-order chi connectivity index (χ0) is 96.4. The van der Waals surface area contributed by atoms with E-state index >= 15 is 0 Å². The van der Waals surface area contributed by atoms with Gasteiger partial charge in [-0.1, -0.05) is 480 Å². The van der Waals surface area contributed by atoms with E-state index in [0.29, 0.717) is 19.3 Å².